The monoisotopic (exact) mass is 385 g/mol. The minimum atomic E-state index is -0.571. The maximum atomic E-state index is 12.2. The van der Waals surface area contributed by atoms with Gasteiger partial charge in [0.2, 0.25) is 0 Å². The molecule has 2 rings (SSSR count). The molecule has 23 heavy (non-hydrogen) atoms. The molecule has 1 aromatic rings. The Balaban J connectivity index is 1.95. The molecule has 1 saturated heterocycles. The van der Waals surface area contributed by atoms with Crippen molar-refractivity contribution < 1.29 is 23.8 Å². The highest BCUT2D eigenvalue weighted by Crippen LogP contribution is 2.23. The van der Waals surface area contributed by atoms with Gasteiger partial charge >= 0.3 is 5.97 Å². The third kappa shape index (κ3) is 4.68. The van der Waals surface area contributed by atoms with Crippen LogP contribution in [0.1, 0.15) is 24.2 Å². The summed E-state index contributed by atoms with van der Waals surface area (Å²) in [5.41, 5.74) is 0.320. The zero-order chi connectivity index (χ0) is 17.0. The van der Waals surface area contributed by atoms with Crippen LogP contribution in [-0.2, 0) is 14.3 Å². The Morgan fingerprint density at radius 2 is 1.96 bits per heavy atom. The molecule has 1 aliphatic rings. The van der Waals surface area contributed by atoms with Crippen molar-refractivity contribution in [2.45, 2.75) is 26.1 Å². The highest BCUT2D eigenvalue weighted by molar-refractivity contribution is 9.10. The summed E-state index contributed by atoms with van der Waals surface area (Å²) in [7, 11) is 1.52. The minimum absolute atomic E-state index is 0.0223. The van der Waals surface area contributed by atoms with Crippen molar-refractivity contribution in [3.63, 3.8) is 0 Å². The topological polar surface area (TPSA) is 65.1 Å². The fourth-order valence-electron chi connectivity index (χ4n) is 2.47. The summed E-state index contributed by atoms with van der Waals surface area (Å²) in [5.74, 6) is -0.250. The fraction of sp³-hybridized carbons (Fsp3) is 0.500. The number of rotatable bonds is 4. The van der Waals surface area contributed by atoms with Gasteiger partial charge in [-0.05, 0) is 48.0 Å². The van der Waals surface area contributed by atoms with Gasteiger partial charge in [-0.3, -0.25) is 4.79 Å². The van der Waals surface area contributed by atoms with E-state index in [1.807, 2.05) is 13.8 Å². The Labute approximate surface area is 143 Å². The Bertz CT molecular complexity index is 582. The molecule has 0 saturated carbocycles. The lowest BCUT2D eigenvalue weighted by Crippen LogP contribution is -2.49. The Morgan fingerprint density at radius 3 is 2.57 bits per heavy atom. The summed E-state index contributed by atoms with van der Waals surface area (Å²) in [6, 6.07) is 4.99. The van der Waals surface area contributed by atoms with Crippen LogP contribution in [0.15, 0.2) is 22.7 Å². The van der Waals surface area contributed by atoms with E-state index in [1.165, 1.54) is 7.11 Å². The molecule has 1 fully saturated rings. The van der Waals surface area contributed by atoms with E-state index >= 15 is 0 Å². The highest BCUT2D eigenvalue weighted by atomic mass is 79.9. The second kappa shape index (κ2) is 7.79. The Morgan fingerprint density at radius 1 is 1.30 bits per heavy atom. The quantitative estimate of drug-likeness (QED) is 0.743. The van der Waals surface area contributed by atoms with Crippen LogP contribution in [0.25, 0.3) is 0 Å². The summed E-state index contributed by atoms with van der Waals surface area (Å²) in [5, 5.41) is 0. The van der Waals surface area contributed by atoms with Gasteiger partial charge in [-0.2, -0.15) is 0 Å². The third-order valence-electron chi connectivity index (χ3n) is 3.49. The predicted octanol–water partition coefficient (Wildman–Crippen LogP) is 2.25. The SMILES string of the molecule is COc1ccc(Br)c(C(=O)OCC(=O)N2C[C@@H](C)O[C@@H](C)C2)c1. The lowest BCUT2D eigenvalue weighted by Gasteiger charge is -2.35. The molecular formula is C16H20BrNO5. The van der Waals surface area contributed by atoms with E-state index in [0.29, 0.717) is 28.9 Å². The van der Waals surface area contributed by atoms with Gasteiger partial charge in [-0.15, -0.1) is 0 Å². The molecule has 126 valence electrons. The number of carbonyl (C=O) groups is 2. The summed E-state index contributed by atoms with van der Waals surface area (Å²) >= 11 is 3.29. The van der Waals surface area contributed by atoms with E-state index in [0.717, 1.165) is 0 Å². The first kappa shape index (κ1) is 17.7. The molecule has 0 radical (unpaired) electrons. The maximum absolute atomic E-state index is 12.2. The Kier molecular flexibility index (Phi) is 6.01. The molecule has 7 heteroatoms. The number of halogens is 1. The normalized spacial score (nSPS) is 21.0. The van der Waals surface area contributed by atoms with E-state index < -0.39 is 5.97 Å². The van der Waals surface area contributed by atoms with Crippen LogP contribution in [0.2, 0.25) is 0 Å². The maximum Gasteiger partial charge on any atom is 0.339 e. The van der Waals surface area contributed by atoms with Crippen molar-refractivity contribution in [1.82, 2.24) is 4.90 Å². The largest absolute Gasteiger partial charge is 0.497 e. The van der Waals surface area contributed by atoms with Crippen molar-refractivity contribution in [3.8, 4) is 5.75 Å². The number of hydrogen-bond donors (Lipinski definition) is 0. The number of methoxy groups -OCH3 is 1. The van der Waals surface area contributed by atoms with Gasteiger partial charge < -0.3 is 19.1 Å². The van der Waals surface area contributed by atoms with E-state index in [4.69, 9.17) is 14.2 Å². The van der Waals surface area contributed by atoms with Crippen LogP contribution >= 0.6 is 15.9 Å². The number of carbonyl (C=O) groups excluding carboxylic acids is 2. The van der Waals surface area contributed by atoms with Gasteiger partial charge in [0.05, 0.1) is 24.9 Å². The lowest BCUT2D eigenvalue weighted by molar-refractivity contribution is -0.146. The molecule has 2 atom stereocenters. The first-order valence-corrected chi connectivity index (χ1v) is 8.14. The van der Waals surface area contributed by atoms with Gasteiger partial charge in [-0.25, -0.2) is 4.79 Å². The number of benzene rings is 1. The van der Waals surface area contributed by atoms with Crippen LogP contribution in [0, 0.1) is 0 Å². The van der Waals surface area contributed by atoms with Crippen LogP contribution in [0.3, 0.4) is 0 Å². The van der Waals surface area contributed by atoms with E-state index in [9.17, 15) is 9.59 Å². The Hall–Kier alpha value is -1.60. The summed E-state index contributed by atoms with van der Waals surface area (Å²) in [6.07, 6.45) is -0.0446. The molecule has 1 heterocycles. The first-order chi connectivity index (χ1) is 10.9. The van der Waals surface area contributed by atoms with Gasteiger partial charge in [0.25, 0.3) is 5.91 Å². The molecule has 0 unspecified atom stereocenters. The zero-order valence-electron chi connectivity index (χ0n) is 13.4. The molecule has 1 aliphatic heterocycles. The second-order valence-electron chi connectivity index (χ2n) is 5.48. The molecule has 1 aromatic carbocycles. The van der Waals surface area contributed by atoms with Crippen LogP contribution < -0.4 is 4.74 Å². The molecule has 0 N–H and O–H groups in total. The number of ether oxygens (including phenoxy) is 3. The molecule has 0 bridgehead atoms. The van der Waals surface area contributed by atoms with Gasteiger partial charge in [0, 0.05) is 17.6 Å². The second-order valence-corrected chi connectivity index (χ2v) is 6.33. The van der Waals surface area contributed by atoms with Crippen molar-refractivity contribution in [2.75, 3.05) is 26.8 Å². The van der Waals surface area contributed by atoms with Crippen LogP contribution in [0.4, 0.5) is 0 Å². The van der Waals surface area contributed by atoms with Crippen molar-refractivity contribution in [3.05, 3.63) is 28.2 Å². The van der Waals surface area contributed by atoms with Gasteiger partial charge in [-0.1, -0.05) is 0 Å². The number of hydrogen-bond acceptors (Lipinski definition) is 5. The molecule has 0 aliphatic carbocycles. The smallest absolute Gasteiger partial charge is 0.339 e. The summed E-state index contributed by atoms with van der Waals surface area (Å²) in [4.78, 5) is 26.0. The van der Waals surface area contributed by atoms with E-state index in [-0.39, 0.29) is 24.7 Å². The fourth-order valence-corrected chi connectivity index (χ4v) is 2.87. The predicted molar refractivity (Wildman–Crippen MR) is 87.6 cm³/mol. The molecular weight excluding hydrogens is 366 g/mol. The first-order valence-electron chi connectivity index (χ1n) is 7.34. The zero-order valence-corrected chi connectivity index (χ0v) is 15.0. The third-order valence-corrected chi connectivity index (χ3v) is 4.18. The molecule has 0 aromatic heterocycles. The van der Waals surface area contributed by atoms with Crippen molar-refractivity contribution >= 4 is 27.8 Å². The number of morpholine rings is 1. The minimum Gasteiger partial charge on any atom is -0.497 e. The summed E-state index contributed by atoms with van der Waals surface area (Å²) in [6.45, 7) is 4.54. The molecule has 1 amide bonds. The molecule has 6 nitrogen and oxygen atoms in total. The number of nitrogens with zero attached hydrogens (tertiary/aromatic N) is 1. The average molecular weight is 386 g/mol. The number of amides is 1. The highest BCUT2D eigenvalue weighted by Gasteiger charge is 2.26. The lowest BCUT2D eigenvalue weighted by atomic mass is 10.2. The molecule has 0 spiro atoms. The van der Waals surface area contributed by atoms with Crippen molar-refractivity contribution in [1.29, 1.82) is 0 Å². The average Bonchev–Trinajstić information content (AvgIpc) is 2.51. The van der Waals surface area contributed by atoms with Gasteiger partial charge in [0.1, 0.15) is 5.75 Å². The van der Waals surface area contributed by atoms with Crippen LogP contribution in [0.5, 0.6) is 5.75 Å². The summed E-state index contributed by atoms with van der Waals surface area (Å²) < 4.78 is 16.4. The van der Waals surface area contributed by atoms with E-state index in [1.54, 1.807) is 23.1 Å². The van der Waals surface area contributed by atoms with Crippen LogP contribution in [-0.4, -0.2) is 55.8 Å². The standard InChI is InChI=1S/C16H20BrNO5/c1-10-7-18(8-11(2)23-10)15(19)9-22-16(20)13-6-12(21-3)4-5-14(13)17/h4-6,10-11H,7-9H2,1-3H3/t10-,11+. The number of esters is 1. The van der Waals surface area contributed by atoms with Gasteiger partial charge in [0.15, 0.2) is 6.61 Å². The van der Waals surface area contributed by atoms with Crippen molar-refractivity contribution in [2.24, 2.45) is 0 Å². The van der Waals surface area contributed by atoms with E-state index in [2.05, 4.69) is 15.9 Å².